The molecule has 0 bridgehead atoms. The zero-order valence-electron chi connectivity index (χ0n) is 14.3. The number of rotatable bonds is 4. The average Bonchev–Trinajstić information content (AvgIpc) is 2.45. The van der Waals surface area contributed by atoms with Crippen LogP contribution < -0.4 is 5.32 Å². The lowest BCUT2D eigenvalue weighted by Crippen LogP contribution is -2.49. The first-order valence-corrected chi connectivity index (χ1v) is 7.79. The van der Waals surface area contributed by atoms with E-state index in [1.54, 1.807) is 9.80 Å². The molecule has 0 aromatic heterocycles. The number of amidine groups is 1. The highest BCUT2D eigenvalue weighted by atomic mass is 16.6. The number of carbonyl (C=O) groups excluding carboxylic acids is 2. The molecule has 22 heavy (non-hydrogen) atoms. The molecule has 0 aromatic rings. The Labute approximate surface area is 132 Å². The molecule has 1 heterocycles. The third-order valence-corrected chi connectivity index (χ3v) is 3.22. The summed E-state index contributed by atoms with van der Waals surface area (Å²) in [6.07, 6.45) is -0.350. The van der Waals surface area contributed by atoms with E-state index in [0.717, 1.165) is 0 Å². The molecular formula is C15H28N4O3. The van der Waals surface area contributed by atoms with Gasteiger partial charge in [-0.1, -0.05) is 0 Å². The van der Waals surface area contributed by atoms with Gasteiger partial charge in [0.05, 0.1) is 19.6 Å². The Balaban J connectivity index is 2.48. The van der Waals surface area contributed by atoms with Crippen LogP contribution in [0.4, 0.5) is 4.79 Å². The minimum Gasteiger partial charge on any atom is -0.444 e. The van der Waals surface area contributed by atoms with Crippen LogP contribution in [0.1, 0.15) is 34.6 Å². The molecule has 1 aliphatic heterocycles. The van der Waals surface area contributed by atoms with Crippen LogP contribution in [0.5, 0.6) is 0 Å². The minimum atomic E-state index is -0.516. The summed E-state index contributed by atoms with van der Waals surface area (Å²) in [5.41, 5.74) is -0.516. The highest BCUT2D eigenvalue weighted by molar-refractivity contribution is 5.91. The monoisotopic (exact) mass is 312 g/mol. The quantitative estimate of drug-likeness (QED) is 0.843. The Morgan fingerprint density at radius 3 is 2.50 bits per heavy atom. The number of hydrogen-bond donors (Lipinski definition) is 1. The maximum atomic E-state index is 12.0. The topological polar surface area (TPSA) is 74.2 Å². The fourth-order valence-electron chi connectivity index (χ4n) is 2.08. The number of nitrogens with zero attached hydrogens (tertiary/aromatic N) is 3. The molecule has 0 unspecified atom stereocenters. The van der Waals surface area contributed by atoms with E-state index in [9.17, 15) is 9.59 Å². The van der Waals surface area contributed by atoms with Crippen molar-refractivity contribution in [1.82, 2.24) is 15.1 Å². The van der Waals surface area contributed by atoms with Gasteiger partial charge >= 0.3 is 6.09 Å². The van der Waals surface area contributed by atoms with Gasteiger partial charge in [0.25, 0.3) is 0 Å². The van der Waals surface area contributed by atoms with Gasteiger partial charge in [-0.15, -0.1) is 0 Å². The molecule has 1 aliphatic rings. The Morgan fingerprint density at radius 2 is 1.95 bits per heavy atom. The largest absolute Gasteiger partial charge is 0.444 e. The van der Waals surface area contributed by atoms with Crippen molar-refractivity contribution in [1.29, 1.82) is 0 Å². The van der Waals surface area contributed by atoms with Crippen molar-refractivity contribution in [3.05, 3.63) is 0 Å². The van der Waals surface area contributed by atoms with Crippen LogP contribution >= 0.6 is 0 Å². The van der Waals surface area contributed by atoms with Crippen LogP contribution in [0, 0.1) is 0 Å². The lowest BCUT2D eigenvalue weighted by molar-refractivity contribution is -0.129. The van der Waals surface area contributed by atoms with Gasteiger partial charge in [0, 0.05) is 19.6 Å². The van der Waals surface area contributed by atoms with Gasteiger partial charge < -0.3 is 15.0 Å². The van der Waals surface area contributed by atoms with Crippen molar-refractivity contribution < 1.29 is 14.3 Å². The van der Waals surface area contributed by atoms with Gasteiger partial charge in [-0.2, -0.15) is 0 Å². The number of ether oxygens (including phenoxy) is 1. The van der Waals surface area contributed by atoms with Crippen molar-refractivity contribution in [2.75, 3.05) is 39.3 Å². The molecule has 0 radical (unpaired) electrons. The Kier molecular flexibility index (Phi) is 6.64. The summed E-state index contributed by atoms with van der Waals surface area (Å²) in [5, 5.41) is 3.03. The molecule has 7 heteroatoms. The normalized spacial score (nSPS) is 15.1. The lowest BCUT2D eigenvalue weighted by atomic mass is 10.2. The fraction of sp³-hybridized carbons (Fsp3) is 0.800. The smallest absolute Gasteiger partial charge is 0.410 e. The molecule has 0 saturated heterocycles. The molecule has 1 rings (SSSR count). The van der Waals surface area contributed by atoms with E-state index in [2.05, 4.69) is 10.3 Å². The molecule has 0 aliphatic carbocycles. The molecule has 0 spiro atoms. The number of amides is 2. The van der Waals surface area contributed by atoms with Gasteiger partial charge in [-0.05, 0) is 34.6 Å². The number of carbonyl (C=O) groups is 2. The van der Waals surface area contributed by atoms with Gasteiger partial charge in [0.1, 0.15) is 11.4 Å². The maximum absolute atomic E-state index is 12.0. The zero-order chi connectivity index (χ0) is 16.8. The number of aliphatic imine (C=N–C) groups is 1. The lowest BCUT2D eigenvalue weighted by Gasteiger charge is -2.30. The summed E-state index contributed by atoms with van der Waals surface area (Å²) in [7, 11) is 0. The molecule has 126 valence electrons. The van der Waals surface area contributed by atoms with Crippen molar-refractivity contribution in [2.45, 2.75) is 40.2 Å². The Bertz CT molecular complexity index is 425. The van der Waals surface area contributed by atoms with E-state index < -0.39 is 5.60 Å². The van der Waals surface area contributed by atoms with Crippen LogP contribution in [-0.4, -0.2) is 72.5 Å². The fourth-order valence-corrected chi connectivity index (χ4v) is 2.08. The van der Waals surface area contributed by atoms with Gasteiger partial charge in [-0.3, -0.25) is 14.7 Å². The third kappa shape index (κ3) is 5.91. The number of nitrogens with one attached hydrogen (secondary N) is 1. The first-order valence-electron chi connectivity index (χ1n) is 7.79. The standard InChI is InChI=1S/C15H28N4O3/c1-6-18(7-2)13(20)10-17-12-11-19(9-8-16-12)14(21)22-15(3,4)5/h6-11H2,1-5H3,(H,16,17). The van der Waals surface area contributed by atoms with Gasteiger partial charge in [-0.25, -0.2) is 4.79 Å². The summed E-state index contributed by atoms with van der Waals surface area (Å²) in [5.74, 6) is 0.680. The Hall–Kier alpha value is -1.79. The summed E-state index contributed by atoms with van der Waals surface area (Å²) in [6.45, 7) is 12.4. The van der Waals surface area contributed by atoms with Crippen LogP contribution in [-0.2, 0) is 9.53 Å². The zero-order valence-corrected chi connectivity index (χ0v) is 14.3. The van der Waals surface area contributed by atoms with Gasteiger partial charge in [0.15, 0.2) is 0 Å². The molecule has 7 nitrogen and oxygen atoms in total. The highest BCUT2D eigenvalue weighted by Crippen LogP contribution is 2.10. The van der Waals surface area contributed by atoms with Crippen LogP contribution in [0.2, 0.25) is 0 Å². The summed E-state index contributed by atoms with van der Waals surface area (Å²) < 4.78 is 5.35. The molecule has 2 amide bonds. The van der Waals surface area contributed by atoms with Crippen molar-refractivity contribution >= 4 is 17.8 Å². The second-order valence-corrected chi connectivity index (χ2v) is 6.15. The van der Waals surface area contributed by atoms with Crippen LogP contribution in [0.25, 0.3) is 0 Å². The predicted molar refractivity (Wildman–Crippen MR) is 86.0 cm³/mol. The van der Waals surface area contributed by atoms with E-state index in [1.165, 1.54) is 0 Å². The van der Waals surface area contributed by atoms with E-state index >= 15 is 0 Å². The molecule has 0 fully saturated rings. The average molecular weight is 312 g/mol. The summed E-state index contributed by atoms with van der Waals surface area (Å²) in [4.78, 5) is 31.7. The van der Waals surface area contributed by atoms with Gasteiger partial charge in [0.2, 0.25) is 5.91 Å². The second kappa shape index (κ2) is 8.00. The minimum absolute atomic E-state index is 0.0297. The summed E-state index contributed by atoms with van der Waals surface area (Å²) >= 11 is 0. The van der Waals surface area contributed by atoms with E-state index in [1.807, 2.05) is 34.6 Å². The Morgan fingerprint density at radius 1 is 1.32 bits per heavy atom. The van der Waals surface area contributed by atoms with Crippen molar-refractivity contribution in [2.24, 2.45) is 4.99 Å². The molecule has 0 aromatic carbocycles. The van der Waals surface area contributed by atoms with Crippen LogP contribution in [0.15, 0.2) is 4.99 Å². The van der Waals surface area contributed by atoms with E-state index in [0.29, 0.717) is 38.6 Å². The third-order valence-electron chi connectivity index (χ3n) is 3.22. The first kappa shape index (κ1) is 18.3. The van der Waals surface area contributed by atoms with Crippen molar-refractivity contribution in [3.8, 4) is 0 Å². The second-order valence-electron chi connectivity index (χ2n) is 6.15. The molecule has 0 saturated carbocycles. The SMILES string of the molecule is CCN(CC)C(=O)CNC1=NCCN(C(=O)OC(C)(C)C)C1. The first-order chi connectivity index (χ1) is 10.3. The van der Waals surface area contributed by atoms with E-state index in [-0.39, 0.29) is 18.5 Å². The number of hydrogen-bond acceptors (Lipinski definition) is 5. The molecule has 0 atom stereocenters. The number of likely N-dealkylation sites (N-methyl/N-ethyl adjacent to an activating group) is 1. The molecule has 1 N–H and O–H groups in total. The van der Waals surface area contributed by atoms with E-state index in [4.69, 9.17) is 4.74 Å². The van der Waals surface area contributed by atoms with Crippen LogP contribution in [0.3, 0.4) is 0 Å². The maximum Gasteiger partial charge on any atom is 0.410 e. The molecular weight excluding hydrogens is 284 g/mol. The van der Waals surface area contributed by atoms with Crippen molar-refractivity contribution in [3.63, 3.8) is 0 Å². The summed E-state index contributed by atoms with van der Waals surface area (Å²) in [6, 6.07) is 0. The predicted octanol–water partition coefficient (Wildman–Crippen LogP) is 1.09. The highest BCUT2D eigenvalue weighted by Gasteiger charge is 2.25.